The molecular weight excluding hydrogens is 353 g/mol. The number of carbonyl (C=O) groups is 1. The molecule has 3 aromatic rings. The quantitative estimate of drug-likeness (QED) is 0.615. The maximum atomic E-state index is 13.0. The lowest BCUT2D eigenvalue weighted by Gasteiger charge is -2.16. The normalized spacial score (nSPS) is 10.7. The maximum Gasteiger partial charge on any atom is 0.277 e. The third kappa shape index (κ3) is 4.70. The summed E-state index contributed by atoms with van der Waals surface area (Å²) < 4.78 is 18.5. The van der Waals surface area contributed by atoms with Crippen LogP contribution in [-0.4, -0.2) is 33.8 Å². The van der Waals surface area contributed by atoms with Gasteiger partial charge in [-0.3, -0.25) is 4.79 Å². The zero-order valence-electron chi connectivity index (χ0n) is 14.5. The van der Waals surface area contributed by atoms with E-state index in [1.807, 2.05) is 31.2 Å². The third-order valence-corrected chi connectivity index (χ3v) is 4.59. The molecule has 134 valence electrons. The first-order chi connectivity index (χ1) is 12.5. The minimum atomic E-state index is -0.329. The fourth-order valence-electron chi connectivity index (χ4n) is 2.27. The summed E-state index contributed by atoms with van der Waals surface area (Å²) in [5.74, 6) is 0.142. The third-order valence-electron chi connectivity index (χ3n) is 3.78. The molecule has 0 unspecified atom stereocenters. The first kappa shape index (κ1) is 18.1. The molecule has 0 bridgehead atoms. The summed E-state index contributed by atoms with van der Waals surface area (Å²) >= 11 is 1.18. The van der Waals surface area contributed by atoms with Crippen molar-refractivity contribution in [2.75, 3.05) is 12.8 Å². The summed E-state index contributed by atoms with van der Waals surface area (Å²) in [5.41, 5.74) is 2.90. The first-order valence-electron chi connectivity index (χ1n) is 8.03. The van der Waals surface area contributed by atoms with E-state index in [9.17, 15) is 9.18 Å². The van der Waals surface area contributed by atoms with Crippen LogP contribution in [0.2, 0.25) is 0 Å². The second-order valence-electron chi connectivity index (χ2n) is 5.90. The van der Waals surface area contributed by atoms with Gasteiger partial charge < -0.3 is 9.32 Å². The summed E-state index contributed by atoms with van der Waals surface area (Å²) in [6, 6.07) is 13.9. The molecule has 5 nitrogen and oxygen atoms in total. The van der Waals surface area contributed by atoms with E-state index in [0.29, 0.717) is 23.2 Å². The Morgan fingerprint density at radius 2 is 1.81 bits per heavy atom. The van der Waals surface area contributed by atoms with E-state index in [0.717, 1.165) is 5.56 Å². The molecule has 0 aliphatic rings. The number of carbonyl (C=O) groups excluding carboxylic acids is 1. The van der Waals surface area contributed by atoms with E-state index in [1.54, 1.807) is 24.1 Å². The van der Waals surface area contributed by atoms with Gasteiger partial charge >= 0.3 is 0 Å². The average Bonchev–Trinajstić information content (AvgIpc) is 3.11. The molecule has 7 heteroatoms. The standard InChI is InChI=1S/C19H18FN3O2S/c1-13-3-5-14(6-4-13)11-23(2)17(24)12-26-19-22-21-18(25-19)15-7-9-16(20)10-8-15/h3-10H,11-12H2,1-2H3. The molecule has 0 radical (unpaired) electrons. The molecule has 1 aromatic heterocycles. The van der Waals surface area contributed by atoms with Gasteiger partial charge in [0.1, 0.15) is 5.82 Å². The first-order valence-corrected chi connectivity index (χ1v) is 9.01. The van der Waals surface area contributed by atoms with Crippen LogP contribution in [0.25, 0.3) is 11.5 Å². The number of amides is 1. The number of thioether (sulfide) groups is 1. The minimum absolute atomic E-state index is 0.0305. The van der Waals surface area contributed by atoms with Crippen LogP contribution in [0.4, 0.5) is 4.39 Å². The van der Waals surface area contributed by atoms with Crippen molar-refractivity contribution in [3.05, 3.63) is 65.5 Å². The SMILES string of the molecule is Cc1ccc(CN(C)C(=O)CSc2nnc(-c3ccc(F)cc3)o2)cc1. The second-order valence-corrected chi connectivity index (χ2v) is 6.83. The maximum absolute atomic E-state index is 13.0. The van der Waals surface area contributed by atoms with Gasteiger partial charge in [-0.05, 0) is 36.8 Å². The van der Waals surface area contributed by atoms with Gasteiger partial charge in [-0.2, -0.15) is 0 Å². The highest BCUT2D eigenvalue weighted by molar-refractivity contribution is 7.99. The predicted octanol–water partition coefficient (Wildman–Crippen LogP) is 3.93. The highest BCUT2D eigenvalue weighted by atomic mass is 32.2. The molecule has 1 amide bonds. The van der Waals surface area contributed by atoms with Crippen LogP contribution in [0.3, 0.4) is 0 Å². The van der Waals surface area contributed by atoms with E-state index < -0.39 is 0 Å². The van der Waals surface area contributed by atoms with E-state index in [1.165, 1.54) is 29.5 Å². The highest BCUT2D eigenvalue weighted by Crippen LogP contribution is 2.23. The number of nitrogens with zero attached hydrogens (tertiary/aromatic N) is 3. The van der Waals surface area contributed by atoms with Crippen molar-refractivity contribution >= 4 is 17.7 Å². The van der Waals surface area contributed by atoms with Crippen molar-refractivity contribution in [2.45, 2.75) is 18.7 Å². The molecule has 26 heavy (non-hydrogen) atoms. The van der Waals surface area contributed by atoms with Crippen LogP contribution < -0.4 is 0 Å². The van der Waals surface area contributed by atoms with Crippen LogP contribution in [0.15, 0.2) is 58.2 Å². The van der Waals surface area contributed by atoms with Gasteiger partial charge in [0.25, 0.3) is 5.22 Å². The van der Waals surface area contributed by atoms with Gasteiger partial charge in [0, 0.05) is 19.2 Å². The van der Waals surface area contributed by atoms with Gasteiger partial charge in [-0.1, -0.05) is 41.6 Å². The molecule has 3 rings (SSSR count). The smallest absolute Gasteiger partial charge is 0.277 e. The lowest BCUT2D eigenvalue weighted by Crippen LogP contribution is -2.27. The Balaban J connectivity index is 1.54. The summed E-state index contributed by atoms with van der Waals surface area (Å²) in [4.78, 5) is 13.9. The zero-order chi connectivity index (χ0) is 18.5. The van der Waals surface area contributed by atoms with Crippen molar-refractivity contribution in [3.8, 4) is 11.5 Å². The summed E-state index contributed by atoms with van der Waals surface area (Å²) in [6.45, 7) is 2.57. The summed E-state index contributed by atoms with van der Waals surface area (Å²) in [6.07, 6.45) is 0. The summed E-state index contributed by atoms with van der Waals surface area (Å²) in [7, 11) is 1.76. The Morgan fingerprint density at radius 1 is 1.12 bits per heavy atom. The van der Waals surface area contributed by atoms with Crippen molar-refractivity contribution < 1.29 is 13.6 Å². The monoisotopic (exact) mass is 371 g/mol. The lowest BCUT2D eigenvalue weighted by atomic mass is 10.1. The van der Waals surface area contributed by atoms with Crippen LogP contribution in [0.1, 0.15) is 11.1 Å². The Bertz CT molecular complexity index is 879. The lowest BCUT2D eigenvalue weighted by molar-refractivity contribution is -0.127. The molecule has 0 saturated carbocycles. The molecular formula is C19H18FN3O2S. The van der Waals surface area contributed by atoms with Gasteiger partial charge in [0.05, 0.1) is 5.75 Å². The number of rotatable bonds is 6. The number of benzene rings is 2. The van der Waals surface area contributed by atoms with Crippen LogP contribution in [0, 0.1) is 12.7 Å². The van der Waals surface area contributed by atoms with E-state index in [-0.39, 0.29) is 17.5 Å². The van der Waals surface area contributed by atoms with Crippen molar-refractivity contribution in [2.24, 2.45) is 0 Å². The molecule has 1 heterocycles. The minimum Gasteiger partial charge on any atom is -0.411 e. The zero-order valence-corrected chi connectivity index (χ0v) is 15.3. The van der Waals surface area contributed by atoms with E-state index >= 15 is 0 Å². The highest BCUT2D eigenvalue weighted by Gasteiger charge is 2.14. The van der Waals surface area contributed by atoms with Crippen LogP contribution in [-0.2, 0) is 11.3 Å². The number of halogens is 1. The van der Waals surface area contributed by atoms with Crippen LogP contribution >= 0.6 is 11.8 Å². The Labute approximate surface area is 155 Å². The molecule has 0 atom stereocenters. The van der Waals surface area contributed by atoms with Gasteiger partial charge in [0.15, 0.2) is 0 Å². The number of aryl methyl sites for hydroxylation is 1. The predicted molar refractivity (Wildman–Crippen MR) is 98.1 cm³/mol. The largest absolute Gasteiger partial charge is 0.411 e. The van der Waals surface area contributed by atoms with Gasteiger partial charge in [0.2, 0.25) is 11.8 Å². The second kappa shape index (κ2) is 8.14. The Hall–Kier alpha value is -2.67. The molecule has 0 aliphatic heterocycles. The van der Waals surface area contributed by atoms with Crippen molar-refractivity contribution in [1.82, 2.24) is 15.1 Å². The Morgan fingerprint density at radius 3 is 2.50 bits per heavy atom. The summed E-state index contributed by atoms with van der Waals surface area (Å²) in [5, 5.41) is 8.16. The van der Waals surface area contributed by atoms with Gasteiger partial charge in [-0.15, -0.1) is 10.2 Å². The molecule has 0 saturated heterocycles. The molecule has 0 N–H and O–H groups in total. The molecule has 2 aromatic carbocycles. The fourth-order valence-corrected chi connectivity index (χ4v) is 2.97. The molecule has 0 fully saturated rings. The fraction of sp³-hybridized carbons (Fsp3) is 0.211. The van der Waals surface area contributed by atoms with Gasteiger partial charge in [-0.25, -0.2) is 4.39 Å². The number of hydrogen-bond donors (Lipinski definition) is 0. The van der Waals surface area contributed by atoms with E-state index in [2.05, 4.69) is 10.2 Å². The topological polar surface area (TPSA) is 59.2 Å². The number of aromatic nitrogens is 2. The number of hydrogen-bond acceptors (Lipinski definition) is 5. The molecule has 0 spiro atoms. The molecule has 0 aliphatic carbocycles. The van der Waals surface area contributed by atoms with Crippen LogP contribution in [0.5, 0.6) is 0 Å². The van der Waals surface area contributed by atoms with Crippen molar-refractivity contribution in [3.63, 3.8) is 0 Å². The van der Waals surface area contributed by atoms with Crippen molar-refractivity contribution in [1.29, 1.82) is 0 Å². The Kier molecular flexibility index (Phi) is 5.68. The van der Waals surface area contributed by atoms with E-state index in [4.69, 9.17) is 4.42 Å². The average molecular weight is 371 g/mol.